The van der Waals surface area contributed by atoms with E-state index in [2.05, 4.69) is 15.2 Å². The van der Waals surface area contributed by atoms with Crippen LogP contribution in [0.2, 0.25) is 0 Å². The summed E-state index contributed by atoms with van der Waals surface area (Å²) in [6.07, 6.45) is 3.36. The van der Waals surface area contributed by atoms with Gasteiger partial charge in [0.25, 0.3) is 0 Å². The summed E-state index contributed by atoms with van der Waals surface area (Å²) in [6, 6.07) is 8.27. The zero-order valence-electron chi connectivity index (χ0n) is 11.3. The number of aromatic nitrogens is 3. The van der Waals surface area contributed by atoms with Crippen LogP contribution in [0.15, 0.2) is 42.7 Å². The minimum absolute atomic E-state index is 0.161. The number of halogens is 1. The Labute approximate surface area is 120 Å². The van der Waals surface area contributed by atoms with Gasteiger partial charge in [0.1, 0.15) is 0 Å². The van der Waals surface area contributed by atoms with Crippen molar-refractivity contribution < 1.29 is 9.13 Å². The number of ether oxygens (including phenoxy) is 1. The number of nitrogens with zero attached hydrogens (tertiary/aromatic N) is 2. The van der Waals surface area contributed by atoms with Crippen molar-refractivity contribution in [2.24, 2.45) is 0 Å². The number of pyridine rings is 1. The van der Waals surface area contributed by atoms with Crippen LogP contribution in [0.4, 0.5) is 10.2 Å². The minimum atomic E-state index is -0.422. The van der Waals surface area contributed by atoms with Gasteiger partial charge in [-0.25, -0.2) is 4.39 Å². The second kappa shape index (κ2) is 5.24. The topological polar surface area (TPSA) is 76.8 Å². The van der Waals surface area contributed by atoms with E-state index in [9.17, 15) is 4.39 Å². The molecule has 3 aromatic rings. The third-order valence-corrected chi connectivity index (χ3v) is 3.20. The lowest BCUT2D eigenvalue weighted by molar-refractivity contribution is 0.387. The van der Waals surface area contributed by atoms with E-state index in [0.717, 1.165) is 16.8 Å². The lowest BCUT2D eigenvalue weighted by atomic mass is 10.0. The molecule has 0 amide bonds. The fraction of sp³-hybridized carbons (Fsp3) is 0.0667. The number of methoxy groups -OCH3 is 1. The molecule has 5 nitrogen and oxygen atoms in total. The predicted octanol–water partition coefficient (Wildman–Crippen LogP) is 2.87. The standard InChI is InChI=1S/C15H13FN4O/c1-21-12-8-10(2-3-11(12)16)13-14(19-20-15(13)17)9-4-6-18-7-5-9/h2-8H,1H3,(H3,17,19,20). The molecule has 0 radical (unpaired) electrons. The van der Waals surface area contributed by atoms with Gasteiger partial charge in [0, 0.05) is 18.0 Å². The highest BCUT2D eigenvalue weighted by molar-refractivity contribution is 5.88. The van der Waals surface area contributed by atoms with E-state index < -0.39 is 5.82 Å². The van der Waals surface area contributed by atoms with E-state index in [0.29, 0.717) is 11.4 Å². The Kier molecular flexibility index (Phi) is 3.27. The molecule has 0 aliphatic rings. The van der Waals surface area contributed by atoms with Crippen molar-refractivity contribution in [3.63, 3.8) is 0 Å². The predicted molar refractivity (Wildman–Crippen MR) is 78.2 cm³/mol. The van der Waals surface area contributed by atoms with Crippen molar-refractivity contribution in [2.75, 3.05) is 12.8 Å². The van der Waals surface area contributed by atoms with Crippen LogP contribution in [0.25, 0.3) is 22.4 Å². The van der Waals surface area contributed by atoms with Crippen LogP contribution in [-0.4, -0.2) is 22.3 Å². The molecule has 0 spiro atoms. The van der Waals surface area contributed by atoms with Crippen LogP contribution >= 0.6 is 0 Å². The monoisotopic (exact) mass is 284 g/mol. The van der Waals surface area contributed by atoms with Crippen molar-refractivity contribution in [1.82, 2.24) is 15.2 Å². The molecule has 3 N–H and O–H groups in total. The first-order chi connectivity index (χ1) is 10.2. The van der Waals surface area contributed by atoms with E-state index in [1.165, 1.54) is 13.2 Å². The van der Waals surface area contributed by atoms with Crippen LogP contribution in [0.1, 0.15) is 0 Å². The lowest BCUT2D eigenvalue weighted by Gasteiger charge is -2.07. The summed E-state index contributed by atoms with van der Waals surface area (Å²) < 4.78 is 18.6. The number of nitrogen functional groups attached to an aromatic ring is 1. The zero-order chi connectivity index (χ0) is 14.8. The van der Waals surface area contributed by atoms with E-state index in [1.54, 1.807) is 24.5 Å². The quantitative estimate of drug-likeness (QED) is 0.775. The molecule has 0 atom stereocenters. The first-order valence-electron chi connectivity index (χ1n) is 6.29. The van der Waals surface area contributed by atoms with Gasteiger partial charge >= 0.3 is 0 Å². The highest BCUT2D eigenvalue weighted by Crippen LogP contribution is 2.36. The fourth-order valence-corrected chi connectivity index (χ4v) is 2.19. The Balaban J connectivity index is 2.17. The average molecular weight is 284 g/mol. The summed E-state index contributed by atoms with van der Waals surface area (Å²) >= 11 is 0. The number of benzene rings is 1. The largest absolute Gasteiger partial charge is 0.494 e. The number of H-pyrrole nitrogens is 1. The Hall–Kier alpha value is -2.89. The molecule has 3 rings (SSSR count). The Morgan fingerprint density at radius 2 is 1.90 bits per heavy atom. The van der Waals surface area contributed by atoms with Gasteiger partial charge in [-0.1, -0.05) is 6.07 Å². The van der Waals surface area contributed by atoms with Crippen molar-refractivity contribution in [1.29, 1.82) is 0 Å². The first-order valence-corrected chi connectivity index (χ1v) is 6.29. The maximum atomic E-state index is 13.5. The number of hydrogen-bond donors (Lipinski definition) is 2. The Morgan fingerprint density at radius 1 is 1.14 bits per heavy atom. The molecule has 0 unspecified atom stereocenters. The fourth-order valence-electron chi connectivity index (χ4n) is 2.19. The number of hydrogen-bond acceptors (Lipinski definition) is 4. The maximum absolute atomic E-state index is 13.5. The van der Waals surface area contributed by atoms with Crippen LogP contribution < -0.4 is 10.5 Å². The highest BCUT2D eigenvalue weighted by atomic mass is 19.1. The number of aromatic amines is 1. The van der Waals surface area contributed by atoms with Gasteiger partial charge in [-0.2, -0.15) is 5.10 Å². The maximum Gasteiger partial charge on any atom is 0.165 e. The van der Waals surface area contributed by atoms with Gasteiger partial charge in [-0.15, -0.1) is 0 Å². The van der Waals surface area contributed by atoms with Gasteiger partial charge < -0.3 is 10.5 Å². The van der Waals surface area contributed by atoms with Gasteiger partial charge in [0.2, 0.25) is 0 Å². The van der Waals surface area contributed by atoms with E-state index in [1.807, 2.05) is 12.1 Å². The SMILES string of the molecule is COc1cc(-c2c(N)n[nH]c2-c2ccncc2)ccc1F. The van der Waals surface area contributed by atoms with Crippen molar-refractivity contribution >= 4 is 5.82 Å². The molecule has 0 aliphatic carbocycles. The Morgan fingerprint density at radius 3 is 2.62 bits per heavy atom. The number of rotatable bonds is 3. The molecule has 106 valence electrons. The molecule has 0 fully saturated rings. The molecule has 0 saturated heterocycles. The molecular weight excluding hydrogens is 271 g/mol. The molecule has 0 bridgehead atoms. The van der Waals surface area contributed by atoms with Crippen molar-refractivity contribution in [2.45, 2.75) is 0 Å². The van der Waals surface area contributed by atoms with Crippen LogP contribution in [0, 0.1) is 5.82 Å². The molecule has 2 heterocycles. The summed E-state index contributed by atoms with van der Waals surface area (Å²) in [7, 11) is 1.42. The summed E-state index contributed by atoms with van der Waals surface area (Å²) in [5.74, 6) is 0.0815. The smallest absolute Gasteiger partial charge is 0.165 e. The molecule has 1 aromatic carbocycles. The average Bonchev–Trinajstić information content (AvgIpc) is 2.90. The summed E-state index contributed by atoms with van der Waals surface area (Å²) in [6.45, 7) is 0. The normalized spacial score (nSPS) is 10.6. The number of nitrogens with two attached hydrogens (primary N) is 1. The van der Waals surface area contributed by atoms with Gasteiger partial charge in [-0.05, 0) is 29.8 Å². The van der Waals surface area contributed by atoms with Crippen molar-refractivity contribution in [3.05, 3.63) is 48.5 Å². The molecule has 0 aliphatic heterocycles. The van der Waals surface area contributed by atoms with E-state index in [-0.39, 0.29) is 5.75 Å². The third-order valence-electron chi connectivity index (χ3n) is 3.20. The van der Waals surface area contributed by atoms with E-state index in [4.69, 9.17) is 10.5 Å². The highest BCUT2D eigenvalue weighted by Gasteiger charge is 2.16. The molecule has 2 aromatic heterocycles. The van der Waals surface area contributed by atoms with Crippen LogP contribution in [-0.2, 0) is 0 Å². The summed E-state index contributed by atoms with van der Waals surface area (Å²) in [5, 5.41) is 6.95. The lowest BCUT2D eigenvalue weighted by Crippen LogP contribution is -1.92. The second-order valence-corrected chi connectivity index (χ2v) is 4.44. The molecule has 21 heavy (non-hydrogen) atoms. The first kappa shape index (κ1) is 13.1. The molecule has 0 saturated carbocycles. The summed E-state index contributed by atoms with van der Waals surface area (Å²) in [4.78, 5) is 3.98. The van der Waals surface area contributed by atoms with Crippen LogP contribution in [0.3, 0.4) is 0 Å². The van der Waals surface area contributed by atoms with Gasteiger partial charge in [0.05, 0.1) is 18.4 Å². The number of nitrogens with one attached hydrogen (secondary N) is 1. The molecular formula is C15H13FN4O. The van der Waals surface area contributed by atoms with Gasteiger partial charge in [-0.3, -0.25) is 10.1 Å². The van der Waals surface area contributed by atoms with E-state index >= 15 is 0 Å². The van der Waals surface area contributed by atoms with Crippen molar-refractivity contribution in [3.8, 4) is 28.1 Å². The number of anilines is 1. The molecule has 6 heteroatoms. The summed E-state index contributed by atoms with van der Waals surface area (Å²) in [5.41, 5.74) is 9.03. The van der Waals surface area contributed by atoms with Crippen LogP contribution in [0.5, 0.6) is 5.75 Å². The van der Waals surface area contributed by atoms with Gasteiger partial charge in [0.15, 0.2) is 17.4 Å². The Bertz CT molecular complexity index is 771. The second-order valence-electron chi connectivity index (χ2n) is 4.44. The minimum Gasteiger partial charge on any atom is -0.494 e. The third kappa shape index (κ3) is 2.31. The zero-order valence-corrected chi connectivity index (χ0v) is 11.3.